The fourth-order valence-electron chi connectivity index (χ4n) is 3.03. The molecule has 0 unspecified atom stereocenters. The highest BCUT2D eigenvalue weighted by molar-refractivity contribution is 7.15. The molecule has 2 aliphatic rings. The van der Waals surface area contributed by atoms with Gasteiger partial charge in [-0.2, -0.15) is 0 Å². The van der Waals surface area contributed by atoms with E-state index in [-0.39, 0.29) is 18.2 Å². The first-order valence-corrected chi connectivity index (χ1v) is 9.28. The largest absolute Gasteiger partial charge is 0.486 e. The smallest absolute Gasteiger partial charge is 0.231 e. The van der Waals surface area contributed by atoms with Crippen LogP contribution in [0.4, 0.5) is 10.8 Å². The van der Waals surface area contributed by atoms with Crippen LogP contribution in [0.3, 0.4) is 0 Å². The fourth-order valence-corrected chi connectivity index (χ4v) is 3.74. The SMILES string of the molecule is COCc1nnc(NC(=O)[C@@H]2CC(=O)N(c3ccc4c(c3)OCCO4)C2)s1. The normalized spacial score (nSPS) is 18.6. The van der Waals surface area contributed by atoms with Crippen LogP contribution in [0.2, 0.25) is 0 Å². The highest BCUT2D eigenvalue weighted by Crippen LogP contribution is 2.36. The van der Waals surface area contributed by atoms with Gasteiger partial charge in [0.25, 0.3) is 0 Å². The van der Waals surface area contributed by atoms with Gasteiger partial charge in [0, 0.05) is 31.8 Å². The summed E-state index contributed by atoms with van der Waals surface area (Å²) >= 11 is 1.25. The number of carbonyl (C=O) groups excluding carboxylic acids is 2. The van der Waals surface area contributed by atoms with Crippen molar-refractivity contribution in [3.63, 3.8) is 0 Å². The van der Waals surface area contributed by atoms with Gasteiger partial charge >= 0.3 is 0 Å². The Morgan fingerprint density at radius 1 is 1.33 bits per heavy atom. The lowest BCUT2D eigenvalue weighted by Gasteiger charge is -2.22. The van der Waals surface area contributed by atoms with Crippen LogP contribution in [0.1, 0.15) is 11.4 Å². The average molecular weight is 390 g/mol. The summed E-state index contributed by atoms with van der Waals surface area (Å²) in [6.45, 7) is 1.62. The van der Waals surface area contributed by atoms with Crippen LogP contribution < -0.4 is 19.7 Å². The number of fused-ring (bicyclic) bond motifs is 1. The third-order valence-corrected chi connectivity index (χ3v) is 5.11. The number of nitrogens with one attached hydrogen (secondary N) is 1. The van der Waals surface area contributed by atoms with Crippen molar-refractivity contribution >= 4 is 34.0 Å². The first-order valence-electron chi connectivity index (χ1n) is 8.46. The van der Waals surface area contributed by atoms with Crippen molar-refractivity contribution < 1.29 is 23.8 Å². The van der Waals surface area contributed by atoms with E-state index in [0.29, 0.717) is 53.7 Å². The minimum absolute atomic E-state index is 0.107. The second-order valence-corrected chi connectivity index (χ2v) is 7.22. The summed E-state index contributed by atoms with van der Waals surface area (Å²) in [6, 6.07) is 5.35. The van der Waals surface area contributed by atoms with Crippen LogP contribution in [0, 0.1) is 5.92 Å². The van der Waals surface area contributed by atoms with Gasteiger partial charge in [0.05, 0.1) is 5.92 Å². The molecule has 9 nitrogen and oxygen atoms in total. The van der Waals surface area contributed by atoms with Gasteiger partial charge in [-0.05, 0) is 12.1 Å². The molecule has 0 radical (unpaired) electrons. The number of amides is 2. The van der Waals surface area contributed by atoms with Crippen LogP contribution in [-0.4, -0.2) is 48.9 Å². The van der Waals surface area contributed by atoms with Crippen LogP contribution in [0.15, 0.2) is 18.2 Å². The van der Waals surface area contributed by atoms with E-state index in [1.54, 1.807) is 30.2 Å². The van der Waals surface area contributed by atoms with Crippen LogP contribution in [0.5, 0.6) is 11.5 Å². The molecule has 2 amide bonds. The standard InChI is InChI=1S/C17H18N4O5S/c1-24-9-14-19-20-17(27-14)18-16(23)10-6-15(22)21(8-10)11-2-3-12-13(7-11)26-5-4-25-12/h2-3,7,10H,4-6,8-9H2,1H3,(H,18,20,23)/t10-/m1/s1. The number of ether oxygens (including phenoxy) is 3. The molecule has 2 aromatic rings. The molecule has 1 fully saturated rings. The average Bonchev–Trinajstić information content (AvgIpc) is 3.28. The van der Waals surface area contributed by atoms with E-state index >= 15 is 0 Å². The Balaban J connectivity index is 1.43. The number of nitrogens with zero attached hydrogens (tertiary/aromatic N) is 3. The van der Waals surface area contributed by atoms with E-state index in [2.05, 4.69) is 15.5 Å². The van der Waals surface area contributed by atoms with Gasteiger partial charge in [0.2, 0.25) is 16.9 Å². The second-order valence-electron chi connectivity index (χ2n) is 6.16. The van der Waals surface area contributed by atoms with Crippen molar-refractivity contribution in [2.45, 2.75) is 13.0 Å². The van der Waals surface area contributed by atoms with Crippen molar-refractivity contribution in [3.8, 4) is 11.5 Å². The summed E-state index contributed by atoms with van der Waals surface area (Å²) in [6.07, 6.45) is 0.143. The molecular weight excluding hydrogens is 372 g/mol. The molecule has 1 saturated heterocycles. The summed E-state index contributed by atoms with van der Waals surface area (Å²) in [4.78, 5) is 26.5. The molecule has 1 N–H and O–H groups in total. The quantitative estimate of drug-likeness (QED) is 0.824. The number of hydrogen-bond acceptors (Lipinski definition) is 8. The lowest BCUT2D eigenvalue weighted by molar-refractivity contribution is -0.122. The van der Waals surface area contributed by atoms with Gasteiger partial charge in [-0.3, -0.25) is 9.59 Å². The van der Waals surface area contributed by atoms with Crippen molar-refractivity contribution in [2.75, 3.05) is 37.1 Å². The van der Waals surface area contributed by atoms with Crippen molar-refractivity contribution in [1.82, 2.24) is 10.2 Å². The van der Waals surface area contributed by atoms with E-state index in [0.717, 1.165) is 0 Å². The minimum Gasteiger partial charge on any atom is -0.486 e. The molecule has 0 bridgehead atoms. The fraction of sp³-hybridized carbons (Fsp3) is 0.412. The summed E-state index contributed by atoms with van der Waals surface area (Å²) in [5.41, 5.74) is 0.692. The van der Waals surface area contributed by atoms with Gasteiger partial charge in [-0.1, -0.05) is 11.3 Å². The Labute approximate surface area is 159 Å². The van der Waals surface area contributed by atoms with E-state index in [9.17, 15) is 9.59 Å². The maximum absolute atomic E-state index is 12.5. The number of methoxy groups -OCH3 is 1. The summed E-state index contributed by atoms with van der Waals surface area (Å²) in [7, 11) is 1.57. The zero-order valence-electron chi connectivity index (χ0n) is 14.6. The Bertz CT molecular complexity index is 871. The molecule has 3 heterocycles. The minimum atomic E-state index is -0.458. The first kappa shape index (κ1) is 17.7. The molecule has 27 heavy (non-hydrogen) atoms. The molecule has 1 atom stereocenters. The van der Waals surface area contributed by atoms with E-state index < -0.39 is 5.92 Å². The molecule has 10 heteroatoms. The van der Waals surface area contributed by atoms with Gasteiger partial charge in [-0.25, -0.2) is 0 Å². The zero-order chi connectivity index (χ0) is 18.8. The zero-order valence-corrected chi connectivity index (χ0v) is 15.5. The highest BCUT2D eigenvalue weighted by Gasteiger charge is 2.36. The number of hydrogen-bond donors (Lipinski definition) is 1. The number of rotatable bonds is 5. The number of carbonyl (C=O) groups is 2. The van der Waals surface area contributed by atoms with Gasteiger partial charge in [0.1, 0.15) is 24.8 Å². The number of aromatic nitrogens is 2. The molecule has 2 aliphatic heterocycles. The molecule has 1 aromatic carbocycles. The van der Waals surface area contributed by atoms with Crippen LogP contribution in [-0.2, 0) is 20.9 Å². The molecule has 4 rings (SSSR count). The molecule has 1 aromatic heterocycles. The Hall–Kier alpha value is -2.72. The summed E-state index contributed by atoms with van der Waals surface area (Å²) in [5, 5.41) is 11.7. The van der Waals surface area contributed by atoms with E-state index in [4.69, 9.17) is 14.2 Å². The first-order chi connectivity index (χ1) is 13.1. The van der Waals surface area contributed by atoms with Gasteiger partial charge in [-0.15, -0.1) is 10.2 Å². The molecule has 0 saturated carbocycles. The lowest BCUT2D eigenvalue weighted by atomic mass is 10.1. The lowest BCUT2D eigenvalue weighted by Crippen LogP contribution is -2.28. The number of benzene rings is 1. The Morgan fingerprint density at radius 2 is 2.15 bits per heavy atom. The Morgan fingerprint density at radius 3 is 2.96 bits per heavy atom. The van der Waals surface area contributed by atoms with Crippen molar-refractivity contribution in [1.29, 1.82) is 0 Å². The van der Waals surface area contributed by atoms with E-state index in [1.807, 2.05) is 0 Å². The second kappa shape index (κ2) is 7.49. The summed E-state index contributed by atoms with van der Waals surface area (Å²) in [5.74, 6) is 0.459. The maximum atomic E-state index is 12.5. The molecule has 142 valence electrons. The van der Waals surface area contributed by atoms with E-state index in [1.165, 1.54) is 11.3 Å². The van der Waals surface area contributed by atoms with Gasteiger partial charge in [0.15, 0.2) is 11.5 Å². The number of anilines is 2. The monoisotopic (exact) mass is 390 g/mol. The maximum Gasteiger partial charge on any atom is 0.231 e. The van der Waals surface area contributed by atoms with Crippen molar-refractivity contribution in [3.05, 3.63) is 23.2 Å². The Kier molecular flexibility index (Phi) is 4.90. The predicted molar refractivity (Wildman–Crippen MR) is 97.1 cm³/mol. The third kappa shape index (κ3) is 3.71. The summed E-state index contributed by atoms with van der Waals surface area (Å²) < 4.78 is 16.1. The van der Waals surface area contributed by atoms with Crippen LogP contribution in [0.25, 0.3) is 0 Å². The van der Waals surface area contributed by atoms with Crippen molar-refractivity contribution in [2.24, 2.45) is 5.92 Å². The third-order valence-electron chi connectivity index (χ3n) is 4.30. The molecule has 0 aliphatic carbocycles. The predicted octanol–water partition coefficient (Wildman–Crippen LogP) is 1.45. The highest BCUT2D eigenvalue weighted by atomic mass is 32.1. The molecular formula is C17H18N4O5S. The topological polar surface area (TPSA) is 103 Å². The van der Waals surface area contributed by atoms with Gasteiger partial charge < -0.3 is 24.4 Å². The van der Waals surface area contributed by atoms with Crippen LogP contribution >= 0.6 is 11.3 Å². The molecule has 0 spiro atoms.